The number of rotatable bonds is 8. The predicted molar refractivity (Wildman–Crippen MR) is 95.8 cm³/mol. The van der Waals surface area contributed by atoms with Crippen LogP contribution >= 0.6 is 0 Å². The molecule has 0 saturated carbocycles. The van der Waals surface area contributed by atoms with Crippen LogP contribution in [-0.4, -0.2) is 51.5 Å². The summed E-state index contributed by atoms with van der Waals surface area (Å²) >= 11 is 0. The summed E-state index contributed by atoms with van der Waals surface area (Å²) in [5, 5.41) is 0. The Labute approximate surface area is 154 Å². The lowest BCUT2D eigenvalue weighted by molar-refractivity contribution is -0.154. The summed E-state index contributed by atoms with van der Waals surface area (Å²) in [7, 11) is -0.945. The monoisotopic (exact) mass is 386 g/mol. The van der Waals surface area contributed by atoms with Gasteiger partial charge in [-0.2, -0.15) is 0 Å². The van der Waals surface area contributed by atoms with E-state index >= 15 is 0 Å². The Morgan fingerprint density at radius 1 is 1.15 bits per heavy atom. The number of amides is 1. The number of esters is 1. The Morgan fingerprint density at radius 2 is 1.73 bits per heavy atom. The molecule has 146 valence electrons. The van der Waals surface area contributed by atoms with Gasteiger partial charge >= 0.3 is 5.97 Å². The molecule has 0 atom stereocenters. The van der Waals surface area contributed by atoms with Crippen molar-refractivity contribution in [3.05, 3.63) is 29.8 Å². The van der Waals surface area contributed by atoms with Crippen molar-refractivity contribution in [2.75, 3.05) is 20.7 Å². The summed E-state index contributed by atoms with van der Waals surface area (Å²) in [6.45, 7) is 5.77. The molecule has 1 aromatic rings. The molecule has 0 aliphatic rings. The first kappa shape index (κ1) is 22.1. The third-order valence-electron chi connectivity index (χ3n) is 3.25. The first-order valence-electron chi connectivity index (χ1n) is 8.08. The molecule has 0 heterocycles. The zero-order valence-electron chi connectivity index (χ0n) is 15.7. The fourth-order valence-corrected chi connectivity index (χ4v) is 2.92. The number of hydrogen-bond acceptors (Lipinski definition) is 6. The van der Waals surface area contributed by atoms with Crippen LogP contribution in [0.2, 0.25) is 0 Å². The van der Waals surface area contributed by atoms with Gasteiger partial charge in [-0.05, 0) is 51.5 Å². The lowest BCUT2D eigenvalue weighted by Gasteiger charge is -2.20. The van der Waals surface area contributed by atoms with E-state index in [-0.39, 0.29) is 23.2 Å². The second kappa shape index (κ2) is 9.11. The highest BCUT2D eigenvalue weighted by Crippen LogP contribution is 2.13. The molecule has 8 nitrogen and oxygen atoms in total. The molecule has 1 rings (SSSR count). The van der Waals surface area contributed by atoms with Gasteiger partial charge in [0.15, 0.2) is 0 Å². The zero-order chi connectivity index (χ0) is 20.0. The largest absolute Gasteiger partial charge is 0.460 e. The average Bonchev–Trinajstić information content (AvgIpc) is 2.52. The SMILES string of the molecule is CONS(=O)(=O)c1ccc(C(=O)N(C)CCCC(=O)OC(C)(C)C)cc1. The molecule has 26 heavy (non-hydrogen) atoms. The van der Waals surface area contributed by atoms with Gasteiger partial charge in [0.05, 0.1) is 12.0 Å². The number of nitrogens with one attached hydrogen (secondary N) is 1. The predicted octanol–water partition coefficient (Wildman–Crippen LogP) is 1.72. The minimum absolute atomic E-state index is 0.0107. The fraction of sp³-hybridized carbons (Fsp3) is 0.529. The molecule has 0 aromatic heterocycles. The van der Waals surface area contributed by atoms with Gasteiger partial charge in [-0.15, -0.1) is 0 Å². The third kappa shape index (κ3) is 7.11. The van der Waals surface area contributed by atoms with Gasteiger partial charge in [0, 0.05) is 25.6 Å². The minimum Gasteiger partial charge on any atom is -0.460 e. The van der Waals surface area contributed by atoms with Crippen molar-refractivity contribution in [2.45, 2.75) is 44.1 Å². The van der Waals surface area contributed by atoms with Crippen LogP contribution in [0, 0.1) is 0 Å². The van der Waals surface area contributed by atoms with Gasteiger partial charge in [-0.3, -0.25) is 14.4 Å². The smallest absolute Gasteiger partial charge is 0.306 e. The van der Waals surface area contributed by atoms with Gasteiger partial charge in [-0.25, -0.2) is 8.42 Å². The molecule has 0 aliphatic heterocycles. The molecule has 0 aliphatic carbocycles. The van der Waals surface area contributed by atoms with Crippen molar-refractivity contribution in [2.24, 2.45) is 0 Å². The van der Waals surface area contributed by atoms with Crippen molar-refractivity contribution >= 4 is 21.9 Å². The number of nitrogens with zero attached hydrogens (tertiary/aromatic N) is 1. The summed E-state index contributed by atoms with van der Waals surface area (Å²) in [5.41, 5.74) is -0.181. The highest BCUT2D eigenvalue weighted by molar-refractivity contribution is 7.89. The van der Waals surface area contributed by atoms with Crippen molar-refractivity contribution < 1.29 is 27.6 Å². The van der Waals surface area contributed by atoms with Gasteiger partial charge in [0.1, 0.15) is 5.60 Å². The van der Waals surface area contributed by atoms with Crippen molar-refractivity contribution in [1.82, 2.24) is 9.79 Å². The Morgan fingerprint density at radius 3 is 2.23 bits per heavy atom. The molecule has 0 bridgehead atoms. The van der Waals surface area contributed by atoms with Crippen LogP contribution in [0.25, 0.3) is 0 Å². The molecule has 0 radical (unpaired) electrons. The minimum atomic E-state index is -3.76. The fourth-order valence-electron chi connectivity index (χ4n) is 2.11. The van der Waals surface area contributed by atoms with E-state index in [1.165, 1.54) is 36.3 Å². The summed E-state index contributed by atoms with van der Waals surface area (Å²) < 4.78 is 28.8. The Bertz CT molecular complexity index is 723. The average molecular weight is 386 g/mol. The molecule has 9 heteroatoms. The Kier molecular flexibility index (Phi) is 7.73. The van der Waals surface area contributed by atoms with Crippen LogP contribution in [0.5, 0.6) is 0 Å². The van der Waals surface area contributed by atoms with Crippen LogP contribution in [0.4, 0.5) is 0 Å². The van der Waals surface area contributed by atoms with Gasteiger partial charge in [0.2, 0.25) is 0 Å². The first-order chi connectivity index (χ1) is 12.0. The molecule has 1 aromatic carbocycles. The van der Waals surface area contributed by atoms with Crippen molar-refractivity contribution in [1.29, 1.82) is 0 Å². The standard InChI is InChI=1S/C17H26N2O6S/c1-17(2,3)25-15(20)7-6-12-19(4)16(21)13-8-10-14(11-9-13)26(22,23)18-24-5/h8-11,18H,6-7,12H2,1-5H3. The second-order valence-electron chi connectivity index (χ2n) is 6.73. The lowest BCUT2D eigenvalue weighted by Crippen LogP contribution is -2.29. The van der Waals surface area contributed by atoms with Gasteiger partial charge < -0.3 is 9.64 Å². The summed E-state index contributed by atoms with van der Waals surface area (Å²) in [6, 6.07) is 5.50. The molecule has 0 fully saturated rings. The van der Waals surface area contributed by atoms with Crippen molar-refractivity contribution in [3.63, 3.8) is 0 Å². The number of benzene rings is 1. The third-order valence-corrected chi connectivity index (χ3v) is 4.52. The summed E-state index contributed by atoms with van der Waals surface area (Å²) in [5.74, 6) is -0.573. The van der Waals surface area contributed by atoms with E-state index in [0.29, 0.717) is 18.5 Å². The molecule has 0 saturated heterocycles. The van der Waals surface area contributed by atoms with E-state index in [0.717, 1.165) is 0 Å². The number of carbonyl (C=O) groups is 2. The maximum atomic E-state index is 12.4. The quantitative estimate of drug-likeness (QED) is 0.539. The first-order valence-corrected chi connectivity index (χ1v) is 9.57. The normalized spacial score (nSPS) is 11.9. The van der Waals surface area contributed by atoms with Crippen LogP contribution in [-0.2, 0) is 24.4 Å². The van der Waals surface area contributed by atoms with E-state index in [1.807, 2.05) is 4.89 Å². The summed E-state index contributed by atoms with van der Waals surface area (Å²) in [4.78, 5) is 31.8. The number of ether oxygens (including phenoxy) is 1. The molecular weight excluding hydrogens is 360 g/mol. The maximum Gasteiger partial charge on any atom is 0.306 e. The van der Waals surface area contributed by atoms with Crippen molar-refractivity contribution in [3.8, 4) is 0 Å². The molecule has 1 amide bonds. The second-order valence-corrected chi connectivity index (χ2v) is 8.38. The molecular formula is C17H26N2O6S. The number of sulfonamides is 1. The Hall–Kier alpha value is -1.97. The highest BCUT2D eigenvalue weighted by atomic mass is 32.2. The van der Waals surface area contributed by atoms with Crippen LogP contribution in [0.3, 0.4) is 0 Å². The van der Waals surface area contributed by atoms with E-state index in [2.05, 4.69) is 4.84 Å². The topological polar surface area (TPSA) is 102 Å². The van der Waals surface area contributed by atoms with Gasteiger partial charge in [-0.1, -0.05) is 4.89 Å². The molecule has 0 spiro atoms. The van der Waals surface area contributed by atoms with Crippen LogP contribution in [0.15, 0.2) is 29.2 Å². The Balaban J connectivity index is 2.59. The molecule has 1 N–H and O–H groups in total. The van der Waals surface area contributed by atoms with E-state index in [4.69, 9.17) is 4.74 Å². The van der Waals surface area contributed by atoms with E-state index in [1.54, 1.807) is 27.8 Å². The highest BCUT2D eigenvalue weighted by Gasteiger charge is 2.18. The van der Waals surface area contributed by atoms with Gasteiger partial charge in [0.25, 0.3) is 15.9 Å². The number of hydrogen-bond donors (Lipinski definition) is 1. The number of carbonyl (C=O) groups excluding carboxylic acids is 2. The van der Waals surface area contributed by atoms with Crippen LogP contribution < -0.4 is 4.89 Å². The zero-order valence-corrected chi connectivity index (χ0v) is 16.6. The summed E-state index contributed by atoms with van der Waals surface area (Å²) in [6.07, 6.45) is 0.691. The van der Waals surface area contributed by atoms with E-state index < -0.39 is 15.6 Å². The van der Waals surface area contributed by atoms with Crippen LogP contribution in [0.1, 0.15) is 44.0 Å². The maximum absolute atomic E-state index is 12.4. The van der Waals surface area contributed by atoms with E-state index in [9.17, 15) is 18.0 Å². The lowest BCUT2D eigenvalue weighted by atomic mass is 10.2. The molecule has 0 unspecified atom stereocenters.